The van der Waals surface area contributed by atoms with E-state index in [1.54, 1.807) is 19.1 Å². The van der Waals surface area contributed by atoms with Crippen LogP contribution in [0.4, 0.5) is 23.8 Å². The molecule has 49 heavy (non-hydrogen) atoms. The molecule has 1 amide bonds. The summed E-state index contributed by atoms with van der Waals surface area (Å²) in [5.41, 5.74) is 9.15. The number of nitrogens with two attached hydrogens (primary N) is 2. The van der Waals surface area contributed by atoms with Gasteiger partial charge in [0.2, 0.25) is 12.6 Å². The van der Waals surface area contributed by atoms with Gasteiger partial charge in [-0.25, -0.2) is 32.9 Å². The van der Waals surface area contributed by atoms with Crippen molar-refractivity contribution in [3.8, 4) is 0 Å². The zero-order valence-corrected chi connectivity index (χ0v) is 27.2. The minimum absolute atomic E-state index is 0.183. The van der Waals surface area contributed by atoms with E-state index in [9.17, 15) is 23.5 Å². The molecule has 3 heterocycles. The Morgan fingerprint density at radius 1 is 1.14 bits per heavy atom. The maximum atomic E-state index is 15.1. The number of ether oxygens (including phenoxy) is 2. The summed E-state index contributed by atoms with van der Waals surface area (Å²) < 4.78 is 57.1. The molecule has 4 rings (SSSR count). The minimum Gasteiger partial charge on any atom is -0.460 e. The summed E-state index contributed by atoms with van der Waals surface area (Å²) in [6.45, 7) is 2.88. The molecule has 4 aromatic rings. The van der Waals surface area contributed by atoms with Gasteiger partial charge in [-0.05, 0) is 31.5 Å². The molecule has 14 nitrogen and oxygen atoms in total. The van der Waals surface area contributed by atoms with Crippen LogP contribution in [0.2, 0.25) is 0 Å². The third kappa shape index (κ3) is 8.92. The number of aromatic nitrogens is 6. The average molecular weight is 687 g/mol. The number of benzene rings is 1. The molecule has 0 spiro atoms. The maximum absolute atomic E-state index is 15.1. The Labute approximate surface area is 280 Å². The van der Waals surface area contributed by atoms with Crippen molar-refractivity contribution in [3.63, 3.8) is 0 Å². The first-order valence-electron chi connectivity index (χ1n) is 15.4. The molecule has 5 N–H and O–H groups in total. The molecule has 0 aliphatic heterocycles. The predicted octanol–water partition coefficient (Wildman–Crippen LogP) is 2.76. The van der Waals surface area contributed by atoms with Crippen LogP contribution in [-0.2, 0) is 33.0 Å². The van der Waals surface area contributed by atoms with Gasteiger partial charge in [0.25, 0.3) is 6.33 Å². The molecular weight excluding hydrogens is 647 g/mol. The van der Waals surface area contributed by atoms with Crippen molar-refractivity contribution in [2.24, 2.45) is 11.5 Å². The number of hydrogen-bond acceptors (Lipinski definition) is 11. The van der Waals surface area contributed by atoms with Gasteiger partial charge in [-0.1, -0.05) is 25.5 Å². The Morgan fingerprint density at radius 3 is 2.63 bits per heavy atom. The number of esters is 1. The fourth-order valence-corrected chi connectivity index (χ4v) is 5.12. The lowest BCUT2D eigenvalue weighted by atomic mass is 9.79. The molecule has 0 saturated heterocycles. The number of unbranched alkanes of at least 4 members (excludes halogenated alkanes) is 1. The highest BCUT2D eigenvalue weighted by Crippen LogP contribution is 2.39. The Balaban J connectivity index is 1.47. The fourth-order valence-electron chi connectivity index (χ4n) is 5.12. The van der Waals surface area contributed by atoms with E-state index in [-0.39, 0.29) is 23.7 Å². The van der Waals surface area contributed by atoms with Crippen LogP contribution < -0.4 is 20.9 Å². The van der Waals surface area contributed by atoms with Gasteiger partial charge >= 0.3 is 12.1 Å². The Morgan fingerprint density at radius 2 is 1.92 bits per heavy atom. The summed E-state index contributed by atoms with van der Waals surface area (Å²) in [7, 11) is 1.43. The molecule has 0 fully saturated rings. The molecule has 0 bridgehead atoms. The number of anilines is 1. The second kappa shape index (κ2) is 16.4. The van der Waals surface area contributed by atoms with Crippen LogP contribution in [0.15, 0.2) is 61.7 Å². The molecular formula is C32H39F3N9O5+. The van der Waals surface area contributed by atoms with Gasteiger partial charge in [-0.2, -0.15) is 4.57 Å². The van der Waals surface area contributed by atoms with Crippen LogP contribution in [0.25, 0.3) is 0 Å². The highest BCUT2D eigenvalue weighted by molar-refractivity contribution is 5.86. The lowest BCUT2D eigenvalue weighted by Gasteiger charge is -2.32. The van der Waals surface area contributed by atoms with Gasteiger partial charge in [0.15, 0.2) is 5.82 Å². The number of halogens is 3. The largest absolute Gasteiger partial charge is 0.460 e. The van der Waals surface area contributed by atoms with Gasteiger partial charge in [0.1, 0.15) is 48.6 Å². The van der Waals surface area contributed by atoms with Crippen LogP contribution in [0.5, 0.6) is 0 Å². The standard InChI is InChI=1S/C32H39F3N9O5/c1-20(28-26(35)14-38-17-40-28)32(47,24-10-9-23(33)13-25(24)34)16-44-19-43(18-41-44)21(2)49-31(46)42(3)29-22(7-6-12-39-29)15-48-30(45)27(37)8-4-5-11-36/h6-7,9-10,12-14,17-21,27,47H,4-5,8,11,15-16,36-37H2,1-3H3/q+1/t20-,21?,27-,32?/m0/s1. The molecule has 0 aliphatic carbocycles. The predicted molar refractivity (Wildman–Crippen MR) is 168 cm³/mol. The molecule has 0 aliphatic rings. The van der Waals surface area contributed by atoms with E-state index in [4.69, 9.17) is 20.9 Å². The van der Waals surface area contributed by atoms with E-state index in [1.165, 1.54) is 42.1 Å². The molecule has 4 atom stereocenters. The van der Waals surface area contributed by atoms with Crippen molar-refractivity contribution in [2.75, 3.05) is 18.5 Å². The summed E-state index contributed by atoms with van der Waals surface area (Å²) in [4.78, 5) is 38.5. The SMILES string of the molecule is CC(OC(=O)N(C)c1ncccc1COC(=O)[C@@H](N)CCCCN)[n+]1cnn(CC(O)(c2ccc(F)cc2F)[C@@H](C)c2ncncc2F)c1. The monoisotopic (exact) mass is 686 g/mol. The van der Waals surface area contributed by atoms with Crippen LogP contribution in [0.3, 0.4) is 0 Å². The second-order valence-electron chi connectivity index (χ2n) is 11.4. The first-order valence-corrected chi connectivity index (χ1v) is 15.4. The Bertz CT molecular complexity index is 1750. The number of pyridine rings is 1. The second-order valence-corrected chi connectivity index (χ2v) is 11.4. The minimum atomic E-state index is -2.18. The first-order chi connectivity index (χ1) is 23.3. The van der Waals surface area contributed by atoms with Crippen LogP contribution in [0, 0.1) is 17.5 Å². The topological polar surface area (TPSA) is 188 Å². The number of carbonyl (C=O) groups is 2. The van der Waals surface area contributed by atoms with E-state index in [2.05, 4.69) is 20.1 Å². The van der Waals surface area contributed by atoms with Gasteiger partial charge < -0.3 is 26.0 Å². The lowest BCUT2D eigenvalue weighted by Crippen LogP contribution is -2.42. The third-order valence-corrected chi connectivity index (χ3v) is 8.02. The summed E-state index contributed by atoms with van der Waals surface area (Å²) >= 11 is 0. The normalized spacial score (nSPS) is 14.4. The van der Waals surface area contributed by atoms with Crippen molar-refractivity contribution in [3.05, 3.63) is 96.0 Å². The Kier molecular flexibility index (Phi) is 12.3. The van der Waals surface area contributed by atoms with Gasteiger partial charge in [-0.3, -0.25) is 9.69 Å². The third-order valence-electron chi connectivity index (χ3n) is 8.02. The molecule has 17 heteroatoms. The number of carbonyl (C=O) groups excluding carboxylic acids is 2. The summed E-state index contributed by atoms with van der Waals surface area (Å²) in [6.07, 6.45) is 6.24. The van der Waals surface area contributed by atoms with Crippen molar-refractivity contribution >= 4 is 17.9 Å². The smallest absolute Gasteiger partial charge is 0.418 e. The quantitative estimate of drug-likeness (QED) is 0.0948. The highest BCUT2D eigenvalue weighted by Gasteiger charge is 2.43. The molecule has 262 valence electrons. The summed E-state index contributed by atoms with van der Waals surface area (Å²) in [6, 6.07) is 5.12. The summed E-state index contributed by atoms with van der Waals surface area (Å²) in [5, 5.41) is 16.1. The van der Waals surface area contributed by atoms with E-state index in [0.29, 0.717) is 31.0 Å². The maximum Gasteiger partial charge on any atom is 0.418 e. The number of hydrogen-bond donors (Lipinski definition) is 3. The van der Waals surface area contributed by atoms with Gasteiger partial charge in [0, 0.05) is 48.4 Å². The van der Waals surface area contributed by atoms with Crippen LogP contribution >= 0.6 is 0 Å². The highest BCUT2D eigenvalue weighted by atomic mass is 19.1. The number of amides is 1. The molecule has 0 radical (unpaired) electrons. The van der Waals surface area contributed by atoms with E-state index in [1.807, 2.05) is 0 Å². The van der Waals surface area contributed by atoms with E-state index in [0.717, 1.165) is 36.0 Å². The zero-order chi connectivity index (χ0) is 35.7. The Hall–Kier alpha value is -5.00. The zero-order valence-electron chi connectivity index (χ0n) is 27.2. The number of aliphatic hydroxyl groups is 1. The van der Waals surface area contributed by atoms with Crippen molar-refractivity contribution in [1.29, 1.82) is 0 Å². The number of rotatable bonds is 15. The fraction of sp³-hybridized carbons (Fsp3) is 0.406. The molecule has 2 unspecified atom stereocenters. The van der Waals surface area contributed by atoms with E-state index < -0.39 is 59.8 Å². The number of nitrogens with zero attached hydrogens (tertiary/aromatic N) is 7. The van der Waals surface area contributed by atoms with Crippen LogP contribution in [-0.4, -0.2) is 61.5 Å². The van der Waals surface area contributed by atoms with E-state index >= 15 is 4.39 Å². The summed E-state index contributed by atoms with van der Waals surface area (Å²) in [5.74, 6) is -4.31. The van der Waals surface area contributed by atoms with Crippen molar-refractivity contribution < 1.29 is 41.9 Å². The van der Waals surface area contributed by atoms with Gasteiger partial charge in [0.05, 0.1) is 11.9 Å². The first kappa shape index (κ1) is 36.8. The van der Waals surface area contributed by atoms with Gasteiger partial charge in [-0.15, -0.1) is 4.68 Å². The molecule has 1 aromatic carbocycles. The molecule has 0 saturated carbocycles. The van der Waals surface area contributed by atoms with Crippen molar-refractivity contribution in [2.45, 2.75) is 70.1 Å². The average Bonchev–Trinajstić information content (AvgIpc) is 3.55. The lowest BCUT2D eigenvalue weighted by molar-refractivity contribution is -0.753. The van der Waals surface area contributed by atoms with Crippen molar-refractivity contribution in [1.82, 2.24) is 24.7 Å². The molecule has 3 aromatic heterocycles. The van der Waals surface area contributed by atoms with Crippen LogP contribution in [0.1, 0.15) is 62.1 Å².